The molecule has 1 N–H and O–H groups in total. The van der Waals surface area contributed by atoms with Gasteiger partial charge < -0.3 is 5.32 Å². The zero-order valence-electron chi connectivity index (χ0n) is 12.8. The number of halogens is 1. The lowest BCUT2D eigenvalue weighted by atomic mass is 9.78. The normalized spacial score (nSPS) is 25.6. The van der Waals surface area contributed by atoms with Crippen LogP contribution < -0.4 is 5.32 Å². The lowest BCUT2D eigenvalue weighted by molar-refractivity contribution is -0.119. The molecule has 1 fully saturated rings. The molecule has 2 nitrogen and oxygen atoms in total. The first-order valence-electron chi connectivity index (χ1n) is 7.68. The highest BCUT2D eigenvalue weighted by Crippen LogP contribution is 2.29. The minimum Gasteiger partial charge on any atom is -0.352 e. The van der Waals surface area contributed by atoms with Crippen LogP contribution in [0.4, 0.5) is 0 Å². The van der Waals surface area contributed by atoms with Gasteiger partial charge in [-0.15, -0.1) is 11.8 Å². The maximum atomic E-state index is 12.1. The van der Waals surface area contributed by atoms with E-state index in [1.807, 2.05) is 24.3 Å². The van der Waals surface area contributed by atoms with Crippen molar-refractivity contribution in [1.29, 1.82) is 0 Å². The van der Waals surface area contributed by atoms with Crippen LogP contribution in [-0.2, 0) is 10.5 Å². The van der Waals surface area contributed by atoms with E-state index in [9.17, 15) is 4.79 Å². The predicted octanol–water partition coefficient (Wildman–Crippen LogP) is 4.51. The first kappa shape index (κ1) is 16.7. The molecule has 0 bridgehead atoms. The van der Waals surface area contributed by atoms with Crippen LogP contribution in [0.3, 0.4) is 0 Å². The Labute approximate surface area is 137 Å². The molecule has 1 aromatic rings. The minimum atomic E-state index is 0.167. The van der Waals surface area contributed by atoms with E-state index < -0.39 is 0 Å². The maximum absolute atomic E-state index is 12.1. The molecular formula is C17H24ClNOS. The highest BCUT2D eigenvalue weighted by atomic mass is 35.5. The minimum absolute atomic E-state index is 0.167. The second-order valence-electron chi connectivity index (χ2n) is 6.06. The van der Waals surface area contributed by atoms with E-state index in [-0.39, 0.29) is 5.91 Å². The van der Waals surface area contributed by atoms with Gasteiger partial charge in [-0.3, -0.25) is 4.79 Å². The predicted molar refractivity (Wildman–Crippen MR) is 91.7 cm³/mol. The number of carbonyl (C=O) groups is 1. The Bertz CT molecular complexity index is 462. The van der Waals surface area contributed by atoms with Crippen LogP contribution >= 0.6 is 23.4 Å². The number of benzene rings is 1. The van der Waals surface area contributed by atoms with Gasteiger partial charge in [-0.1, -0.05) is 50.4 Å². The number of rotatable bonds is 5. The standard InChI is InChI=1S/C17H24ClNOS/c1-12-4-3-5-16(13(12)2)19-17(20)11-21-10-14-6-8-15(18)9-7-14/h6-9,12-13,16H,3-5,10-11H2,1-2H3,(H,19,20)/t12-,13+,16+/m0/s1. The fraction of sp³-hybridized carbons (Fsp3) is 0.588. The van der Waals surface area contributed by atoms with Crippen molar-refractivity contribution >= 4 is 29.3 Å². The fourth-order valence-electron chi connectivity index (χ4n) is 2.88. The second kappa shape index (κ2) is 8.09. The number of carbonyl (C=O) groups excluding carboxylic acids is 1. The molecule has 0 saturated heterocycles. The summed E-state index contributed by atoms with van der Waals surface area (Å²) in [6, 6.07) is 8.17. The van der Waals surface area contributed by atoms with E-state index in [0.717, 1.165) is 17.2 Å². The van der Waals surface area contributed by atoms with Crippen molar-refractivity contribution in [1.82, 2.24) is 5.32 Å². The van der Waals surface area contributed by atoms with Gasteiger partial charge in [0.05, 0.1) is 5.75 Å². The molecule has 3 atom stereocenters. The third-order valence-corrected chi connectivity index (χ3v) is 5.72. The maximum Gasteiger partial charge on any atom is 0.230 e. The molecule has 0 unspecified atom stereocenters. The molecule has 4 heteroatoms. The van der Waals surface area contributed by atoms with E-state index in [2.05, 4.69) is 19.2 Å². The summed E-state index contributed by atoms with van der Waals surface area (Å²) in [6.45, 7) is 4.55. The number of amides is 1. The number of thioether (sulfide) groups is 1. The van der Waals surface area contributed by atoms with E-state index in [0.29, 0.717) is 23.6 Å². The molecule has 21 heavy (non-hydrogen) atoms. The summed E-state index contributed by atoms with van der Waals surface area (Å²) in [7, 11) is 0. The Morgan fingerprint density at radius 3 is 2.71 bits per heavy atom. The molecule has 1 saturated carbocycles. The number of hydrogen-bond acceptors (Lipinski definition) is 2. The van der Waals surface area contributed by atoms with Crippen molar-refractivity contribution in [3.05, 3.63) is 34.9 Å². The van der Waals surface area contributed by atoms with Gasteiger partial charge in [0.2, 0.25) is 5.91 Å². The van der Waals surface area contributed by atoms with Gasteiger partial charge in [0.25, 0.3) is 0 Å². The Hall–Kier alpha value is -0.670. The Balaban J connectivity index is 1.71. The van der Waals surface area contributed by atoms with Crippen LogP contribution in [0.5, 0.6) is 0 Å². The Morgan fingerprint density at radius 1 is 1.29 bits per heavy atom. The van der Waals surface area contributed by atoms with E-state index in [1.54, 1.807) is 11.8 Å². The molecule has 1 amide bonds. The van der Waals surface area contributed by atoms with Crippen LogP contribution in [0, 0.1) is 11.8 Å². The van der Waals surface area contributed by atoms with Gasteiger partial charge >= 0.3 is 0 Å². The molecule has 116 valence electrons. The second-order valence-corrected chi connectivity index (χ2v) is 7.48. The molecule has 0 spiro atoms. The van der Waals surface area contributed by atoms with Crippen molar-refractivity contribution < 1.29 is 4.79 Å². The summed E-state index contributed by atoms with van der Waals surface area (Å²) >= 11 is 7.51. The van der Waals surface area contributed by atoms with Crippen molar-refractivity contribution in [3.8, 4) is 0 Å². The quantitative estimate of drug-likeness (QED) is 0.862. The van der Waals surface area contributed by atoms with E-state index >= 15 is 0 Å². The van der Waals surface area contributed by atoms with Gasteiger partial charge in [0, 0.05) is 16.8 Å². The van der Waals surface area contributed by atoms with Crippen molar-refractivity contribution in [2.24, 2.45) is 11.8 Å². The van der Waals surface area contributed by atoms with Crippen LogP contribution in [0.2, 0.25) is 5.02 Å². The van der Waals surface area contributed by atoms with Crippen molar-refractivity contribution in [3.63, 3.8) is 0 Å². The van der Waals surface area contributed by atoms with Gasteiger partial charge in [0.15, 0.2) is 0 Å². The smallest absolute Gasteiger partial charge is 0.230 e. The molecule has 0 aromatic heterocycles. The third-order valence-electron chi connectivity index (χ3n) is 4.47. The first-order valence-corrected chi connectivity index (χ1v) is 9.21. The van der Waals surface area contributed by atoms with E-state index in [1.165, 1.54) is 18.4 Å². The van der Waals surface area contributed by atoms with Crippen LogP contribution in [-0.4, -0.2) is 17.7 Å². The molecule has 2 rings (SSSR count). The number of nitrogens with one attached hydrogen (secondary N) is 1. The van der Waals surface area contributed by atoms with Gasteiger partial charge in [-0.05, 0) is 36.0 Å². The van der Waals surface area contributed by atoms with Crippen LogP contribution in [0.1, 0.15) is 38.7 Å². The van der Waals surface area contributed by atoms with Gasteiger partial charge in [-0.2, -0.15) is 0 Å². The molecule has 1 aromatic carbocycles. The van der Waals surface area contributed by atoms with Crippen molar-refractivity contribution in [2.45, 2.75) is 44.9 Å². The third kappa shape index (κ3) is 5.23. The summed E-state index contributed by atoms with van der Waals surface area (Å²) in [5.41, 5.74) is 1.21. The SMILES string of the molecule is C[C@@H]1[C@@H](C)CCC[C@H]1NC(=O)CSCc1ccc(Cl)cc1. The summed E-state index contributed by atoms with van der Waals surface area (Å²) in [5.74, 6) is 2.84. The fourth-order valence-corrected chi connectivity index (χ4v) is 3.80. The van der Waals surface area contributed by atoms with Crippen LogP contribution in [0.25, 0.3) is 0 Å². The van der Waals surface area contributed by atoms with Crippen LogP contribution in [0.15, 0.2) is 24.3 Å². The summed E-state index contributed by atoms with van der Waals surface area (Å²) in [6.07, 6.45) is 3.65. The number of hydrogen-bond donors (Lipinski definition) is 1. The molecule has 1 aliphatic carbocycles. The Morgan fingerprint density at radius 2 is 2.00 bits per heavy atom. The molecule has 1 aliphatic rings. The monoisotopic (exact) mass is 325 g/mol. The topological polar surface area (TPSA) is 29.1 Å². The molecule has 0 aliphatic heterocycles. The summed E-state index contributed by atoms with van der Waals surface area (Å²) in [4.78, 5) is 12.1. The molecule has 0 heterocycles. The average Bonchev–Trinajstić information content (AvgIpc) is 2.46. The average molecular weight is 326 g/mol. The van der Waals surface area contributed by atoms with Gasteiger partial charge in [0.1, 0.15) is 0 Å². The molecular weight excluding hydrogens is 302 g/mol. The highest BCUT2D eigenvalue weighted by Gasteiger charge is 2.27. The zero-order valence-corrected chi connectivity index (χ0v) is 14.3. The largest absolute Gasteiger partial charge is 0.352 e. The lowest BCUT2D eigenvalue weighted by Crippen LogP contribution is -2.44. The van der Waals surface area contributed by atoms with Crippen molar-refractivity contribution in [2.75, 3.05) is 5.75 Å². The van der Waals surface area contributed by atoms with Gasteiger partial charge in [-0.25, -0.2) is 0 Å². The Kier molecular flexibility index (Phi) is 6.43. The summed E-state index contributed by atoms with van der Waals surface area (Å²) in [5, 5.41) is 3.97. The molecule has 0 radical (unpaired) electrons. The first-order chi connectivity index (χ1) is 10.1. The summed E-state index contributed by atoms with van der Waals surface area (Å²) < 4.78 is 0. The van der Waals surface area contributed by atoms with E-state index in [4.69, 9.17) is 11.6 Å². The zero-order chi connectivity index (χ0) is 15.2. The lowest BCUT2D eigenvalue weighted by Gasteiger charge is -2.34. The highest BCUT2D eigenvalue weighted by molar-refractivity contribution is 7.99.